The maximum absolute atomic E-state index is 11.9. The van der Waals surface area contributed by atoms with Crippen LogP contribution in [0.5, 0.6) is 11.5 Å². The van der Waals surface area contributed by atoms with E-state index in [4.69, 9.17) is 9.47 Å². The monoisotopic (exact) mass is 397 g/mol. The molecule has 2 aromatic rings. The van der Waals surface area contributed by atoms with Crippen molar-refractivity contribution in [2.24, 2.45) is 5.92 Å². The second-order valence-electron chi connectivity index (χ2n) is 7.69. The van der Waals surface area contributed by atoms with E-state index in [0.29, 0.717) is 18.1 Å². The summed E-state index contributed by atoms with van der Waals surface area (Å²) in [7, 11) is 0. The molecule has 1 aromatic heterocycles. The van der Waals surface area contributed by atoms with Gasteiger partial charge in [-0.15, -0.1) is 0 Å². The fourth-order valence-electron chi connectivity index (χ4n) is 2.98. The number of carbonyl (C=O) groups is 1. The molecule has 0 saturated heterocycles. The van der Waals surface area contributed by atoms with Gasteiger partial charge in [0.05, 0.1) is 18.5 Å². The van der Waals surface area contributed by atoms with E-state index in [0.717, 1.165) is 42.9 Å². The van der Waals surface area contributed by atoms with Crippen molar-refractivity contribution in [3.05, 3.63) is 42.6 Å². The van der Waals surface area contributed by atoms with E-state index >= 15 is 0 Å². The third-order valence-corrected chi connectivity index (χ3v) is 5.17. The number of benzene rings is 1. The molecule has 0 amide bonds. The Balaban J connectivity index is 1.79. The fourth-order valence-corrected chi connectivity index (χ4v) is 2.98. The first-order valence-electron chi connectivity index (χ1n) is 11.0. The van der Waals surface area contributed by atoms with E-state index in [-0.39, 0.29) is 5.97 Å². The minimum atomic E-state index is -0.174. The van der Waals surface area contributed by atoms with Gasteiger partial charge in [-0.3, -0.25) is 9.78 Å². The summed E-state index contributed by atoms with van der Waals surface area (Å²) in [5, 5.41) is 0. The van der Waals surface area contributed by atoms with Crippen LogP contribution >= 0.6 is 0 Å². The minimum Gasteiger partial charge on any atom is -0.492 e. The molecule has 1 aromatic carbocycles. The minimum absolute atomic E-state index is 0.174. The summed E-state index contributed by atoms with van der Waals surface area (Å²) in [5.74, 6) is 1.75. The number of hydrogen-bond donors (Lipinski definition) is 0. The Kier molecular flexibility index (Phi) is 10.3. The molecule has 0 saturated carbocycles. The Labute approximate surface area is 175 Å². The number of carbonyl (C=O) groups excluding carboxylic acids is 1. The van der Waals surface area contributed by atoms with Crippen LogP contribution in [0, 0.1) is 5.92 Å². The molecule has 1 unspecified atom stereocenters. The van der Waals surface area contributed by atoms with Gasteiger partial charge in [0.2, 0.25) is 0 Å². The average molecular weight is 398 g/mol. The molecule has 0 radical (unpaired) electrons. The van der Waals surface area contributed by atoms with E-state index in [1.807, 2.05) is 36.4 Å². The third-order valence-electron chi connectivity index (χ3n) is 5.17. The number of aromatic nitrogens is 1. The van der Waals surface area contributed by atoms with Gasteiger partial charge in [-0.1, -0.05) is 52.9 Å². The highest BCUT2D eigenvalue weighted by molar-refractivity contribution is 5.72. The zero-order chi connectivity index (χ0) is 20.9. The number of rotatable bonds is 13. The normalized spacial score (nSPS) is 11.8. The van der Waals surface area contributed by atoms with Crippen molar-refractivity contribution < 1.29 is 14.3 Å². The molecule has 0 N–H and O–H groups in total. The highest BCUT2D eigenvalue weighted by Crippen LogP contribution is 2.23. The fraction of sp³-hybridized carbons (Fsp3) is 0.520. The van der Waals surface area contributed by atoms with Crippen LogP contribution in [0.4, 0.5) is 0 Å². The number of pyridine rings is 1. The maximum Gasteiger partial charge on any atom is 0.311 e. The van der Waals surface area contributed by atoms with Crippen LogP contribution in [0.3, 0.4) is 0 Å². The van der Waals surface area contributed by atoms with Crippen molar-refractivity contribution in [3.63, 3.8) is 0 Å². The van der Waals surface area contributed by atoms with Crippen LogP contribution in [-0.4, -0.2) is 17.6 Å². The van der Waals surface area contributed by atoms with Crippen LogP contribution in [-0.2, 0) is 4.79 Å². The molecule has 0 aliphatic heterocycles. The van der Waals surface area contributed by atoms with Crippen LogP contribution in [0.15, 0.2) is 42.6 Å². The molecule has 0 spiro atoms. The largest absolute Gasteiger partial charge is 0.492 e. The first kappa shape index (κ1) is 22.9. The van der Waals surface area contributed by atoms with E-state index in [1.54, 1.807) is 6.20 Å². The molecule has 1 heterocycles. The molecule has 29 heavy (non-hydrogen) atoms. The van der Waals surface area contributed by atoms with E-state index in [9.17, 15) is 4.79 Å². The molecule has 158 valence electrons. The summed E-state index contributed by atoms with van der Waals surface area (Å²) >= 11 is 0. The number of hydrogen-bond acceptors (Lipinski definition) is 4. The Morgan fingerprint density at radius 2 is 1.69 bits per heavy atom. The van der Waals surface area contributed by atoms with Crippen LogP contribution in [0.1, 0.15) is 72.1 Å². The molecule has 2 rings (SSSR count). The smallest absolute Gasteiger partial charge is 0.311 e. The SMILES string of the molecule is CCCCCCCOc1ccc(-c2ccc(OC(=O)CCC(C)CC)cc2)nc1. The Morgan fingerprint density at radius 1 is 0.966 bits per heavy atom. The predicted octanol–water partition coefficient (Wildman–Crippen LogP) is 6.83. The number of unbranched alkanes of at least 4 members (excludes halogenated alkanes) is 4. The van der Waals surface area contributed by atoms with E-state index in [2.05, 4.69) is 25.8 Å². The second kappa shape index (κ2) is 13.0. The average Bonchev–Trinajstić information content (AvgIpc) is 2.75. The van der Waals surface area contributed by atoms with Crippen molar-refractivity contribution in [1.29, 1.82) is 0 Å². The predicted molar refractivity (Wildman–Crippen MR) is 118 cm³/mol. The summed E-state index contributed by atoms with van der Waals surface area (Å²) in [6, 6.07) is 11.4. The molecular weight excluding hydrogens is 362 g/mol. The van der Waals surface area contributed by atoms with Gasteiger partial charge in [0.15, 0.2) is 0 Å². The summed E-state index contributed by atoms with van der Waals surface area (Å²) in [6.07, 6.45) is 10.3. The first-order chi connectivity index (χ1) is 14.1. The highest BCUT2D eigenvalue weighted by Gasteiger charge is 2.08. The molecule has 4 nitrogen and oxygen atoms in total. The molecule has 0 aliphatic rings. The van der Waals surface area contributed by atoms with Gasteiger partial charge in [0.25, 0.3) is 0 Å². The van der Waals surface area contributed by atoms with Gasteiger partial charge in [0, 0.05) is 12.0 Å². The molecular formula is C25H35NO3. The summed E-state index contributed by atoms with van der Waals surface area (Å²) in [4.78, 5) is 16.4. The van der Waals surface area contributed by atoms with Crippen molar-refractivity contribution in [1.82, 2.24) is 4.98 Å². The summed E-state index contributed by atoms with van der Waals surface area (Å²) in [5.41, 5.74) is 1.85. The zero-order valence-corrected chi connectivity index (χ0v) is 18.2. The number of esters is 1. The quantitative estimate of drug-likeness (QED) is 0.211. The lowest BCUT2D eigenvalue weighted by Crippen LogP contribution is -2.09. The lowest BCUT2D eigenvalue weighted by Gasteiger charge is -2.09. The molecule has 0 fully saturated rings. The lowest BCUT2D eigenvalue weighted by molar-refractivity contribution is -0.134. The molecule has 0 bridgehead atoms. The number of nitrogens with zero attached hydrogens (tertiary/aromatic N) is 1. The van der Waals surface area contributed by atoms with Crippen molar-refractivity contribution in [2.45, 2.75) is 72.1 Å². The van der Waals surface area contributed by atoms with Gasteiger partial charge in [-0.25, -0.2) is 0 Å². The van der Waals surface area contributed by atoms with Crippen molar-refractivity contribution >= 4 is 5.97 Å². The zero-order valence-electron chi connectivity index (χ0n) is 18.2. The van der Waals surface area contributed by atoms with Gasteiger partial charge < -0.3 is 9.47 Å². The van der Waals surface area contributed by atoms with Gasteiger partial charge in [-0.05, 0) is 55.2 Å². The highest BCUT2D eigenvalue weighted by atomic mass is 16.5. The van der Waals surface area contributed by atoms with E-state index in [1.165, 1.54) is 25.7 Å². The van der Waals surface area contributed by atoms with E-state index < -0.39 is 0 Å². The van der Waals surface area contributed by atoms with Crippen molar-refractivity contribution in [3.8, 4) is 22.8 Å². The van der Waals surface area contributed by atoms with Crippen LogP contribution in [0.25, 0.3) is 11.3 Å². The van der Waals surface area contributed by atoms with Crippen molar-refractivity contribution in [2.75, 3.05) is 6.61 Å². The Morgan fingerprint density at radius 3 is 2.34 bits per heavy atom. The Bertz CT molecular complexity index is 710. The molecule has 4 heteroatoms. The lowest BCUT2D eigenvalue weighted by atomic mass is 10.0. The van der Waals surface area contributed by atoms with Crippen LogP contribution in [0.2, 0.25) is 0 Å². The number of ether oxygens (including phenoxy) is 2. The Hall–Kier alpha value is -2.36. The maximum atomic E-state index is 11.9. The standard InChI is InChI=1S/C25H35NO3/c1-4-6-7-8-9-18-28-23-15-16-24(26-19-23)21-11-13-22(14-12-21)29-25(27)17-10-20(3)5-2/h11-16,19-20H,4-10,17-18H2,1-3H3. The van der Waals surface area contributed by atoms with Gasteiger partial charge in [0.1, 0.15) is 11.5 Å². The summed E-state index contributed by atoms with van der Waals surface area (Å²) in [6.45, 7) is 7.25. The van der Waals surface area contributed by atoms with Crippen LogP contribution < -0.4 is 9.47 Å². The third kappa shape index (κ3) is 8.68. The topological polar surface area (TPSA) is 48.4 Å². The molecule has 0 aliphatic carbocycles. The molecule has 1 atom stereocenters. The summed E-state index contributed by atoms with van der Waals surface area (Å²) < 4.78 is 11.2. The first-order valence-corrected chi connectivity index (χ1v) is 11.0. The van der Waals surface area contributed by atoms with Gasteiger partial charge >= 0.3 is 5.97 Å². The second-order valence-corrected chi connectivity index (χ2v) is 7.69. The van der Waals surface area contributed by atoms with Gasteiger partial charge in [-0.2, -0.15) is 0 Å².